The number of carbonyl (C=O) groups excluding carboxylic acids is 1. The largest absolute Gasteiger partial charge is 0.406 e. The van der Waals surface area contributed by atoms with Gasteiger partial charge in [-0.2, -0.15) is 13.2 Å². The van der Waals surface area contributed by atoms with Gasteiger partial charge in [-0.25, -0.2) is 0 Å². The van der Waals surface area contributed by atoms with Crippen LogP contribution in [0.2, 0.25) is 0 Å². The van der Waals surface area contributed by atoms with Crippen molar-refractivity contribution in [3.63, 3.8) is 0 Å². The van der Waals surface area contributed by atoms with Gasteiger partial charge >= 0.3 is 6.18 Å². The molecule has 1 N–H and O–H groups in total. The second-order valence-electron chi connectivity index (χ2n) is 5.03. The highest BCUT2D eigenvalue weighted by molar-refractivity contribution is 5.92. The molecule has 1 aliphatic rings. The van der Waals surface area contributed by atoms with Crippen LogP contribution in [0.15, 0.2) is 18.3 Å². The summed E-state index contributed by atoms with van der Waals surface area (Å²) in [5.41, 5.74) is 0.0864. The number of piperidine rings is 1. The lowest BCUT2D eigenvalue weighted by Gasteiger charge is -2.31. The van der Waals surface area contributed by atoms with Crippen molar-refractivity contribution < 1.29 is 18.0 Å². The fourth-order valence-corrected chi connectivity index (χ4v) is 2.48. The monoisotopic (exact) mass is 289 g/mol. The van der Waals surface area contributed by atoms with Gasteiger partial charge in [-0.15, -0.1) is 0 Å². The van der Waals surface area contributed by atoms with E-state index in [2.05, 4.69) is 5.32 Å². The molecule has 1 fully saturated rings. The molecule has 20 heavy (non-hydrogen) atoms. The Labute approximate surface area is 115 Å². The standard InChI is InChI=1S/C13H18F3N3O/c1-18(10-4-6-17-7-5-10)12(20)11-3-2-8-19(11)9-13(14,15)16/h2-3,8,10,17H,4-7,9H2,1H3. The van der Waals surface area contributed by atoms with Gasteiger partial charge in [0.2, 0.25) is 0 Å². The first-order chi connectivity index (χ1) is 9.38. The quantitative estimate of drug-likeness (QED) is 0.922. The predicted octanol–water partition coefficient (Wildman–Crippen LogP) is 1.87. The molecule has 1 amide bonds. The van der Waals surface area contributed by atoms with Gasteiger partial charge in [0.05, 0.1) is 0 Å². The molecule has 112 valence electrons. The summed E-state index contributed by atoms with van der Waals surface area (Å²) in [6, 6.07) is 2.99. The van der Waals surface area contributed by atoms with E-state index in [9.17, 15) is 18.0 Å². The van der Waals surface area contributed by atoms with Crippen molar-refractivity contribution in [1.82, 2.24) is 14.8 Å². The van der Waals surface area contributed by atoms with Crippen molar-refractivity contribution in [2.75, 3.05) is 20.1 Å². The minimum atomic E-state index is -4.33. The third-order valence-electron chi connectivity index (χ3n) is 3.58. The number of halogens is 3. The smallest absolute Gasteiger partial charge is 0.337 e. The molecule has 4 nitrogen and oxygen atoms in total. The van der Waals surface area contributed by atoms with E-state index in [0.717, 1.165) is 30.5 Å². The van der Waals surface area contributed by atoms with Crippen LogP contribution in [0.1, 0.15) is 23.3 Å². The molecule has 0 aliphatic carbocycles. The van der Waals surface area contributed by atoms with E-state index in [1.54, 1.807) is 11.9 Å². The van der Waals surface area contributed by atoms with Gasteiger partial charge in [-0.3, -0.25) is 4.79 Å². The van der Waals surface area contributed by atoms with Crippen LogP contribution in [-0.4, -0.2) is 47.7 Å². The first kappa shape index (κ1) is 14.9. The Hall–Kier alpha value is -1.50. The lowest BCUT2D eigenvalue weighted by atomic mass is 10.1. The zero-order chi connectivity index (χ0) is 14.8. The van der Waals surface area contributed by atoms with Crippen molar-refractivity contribution >= 4 is 5.91 Å². The number of amides is 1. The Morgan fingerprint density at radius 2 is 2.10 bits per heavy atom. The molecule has 2 rings (SSSR count). The number of hydrogen-bond acceptors (Lipinski definition) is 2. The highest BCUT2D eigenvalue weighted by Gasteiger charge is 2.31. The van der Waals surface area contributed by atoms with Crippen molar-refractivity contribution in [2.24, 2.45) is 0 Å². The summed E-state index contributed by atoms with van der Waals surface area (Å²) in [5.74, 6) is -0.355. The van der Waals surface area contributed by atoms with Crippen LogP contribution in [0.5, 0.6) is 0 Å². The fraction of sp³-hybridized carbons (Fsp3) is 0.615. The number of carbonyl (C=O) groups is 1. The van der Waals surface area contributed by atoms with Gasteiger partial charge in [0.15, 0.2) is 0 Å². The van der Waals surface area contributed by atoms with Gasteiger partial charge in [0.25, 0.3) is 5.91 Å². The molecule has 0 atom stereocenters. The number of nitrogens with one attached hydrogen (secondary N) is 1. The summed E-state index contributed by atoms with van der Waals surface area (Å²) < 4.78 is 38.4. The lowest BCUT2D eigenvalue weighted by molar-refractivity contribution is -0.140. The molecule has 1 aromatic heterocycles. The Balaban J connectivity index is 2.10. The maximum absolute atomic E-state index is 12.5. The number of nitrogens with zero attached hydrogens (tertiary/aromatic N) is 2. The lowest BCUT2D eigenvalue weighted by Crippen LogP contribution is -2.44. The number of alkyl halides is 3. The van der Waals surface area contributed by atoms with Crippen LogP contribution in [0.4, 0.5) is 13.2 Å². The highest BCUT2D eigenvalue weighted by Crippen LogP contribution is 2.20. The van der Waals surface area contributed by atoms with E-state index >= 15 is 0 Å². The van der Waals surface area contributed by atoms with E-state index in [4.69, 9.17) is 0 Å². The molecule has 0 bridgehead atoms. The van der Waals surface area contributed by atoms with Crippen LogP contribution in [-0.2, 0) is 6.54 Å². The summed E-state index contributed by atoms with van der Waals surface area (Å²) in [6.45, 7) is 0.513. The summed E-state index contributed by atoms with van der Waals surface area (Å²) >= 11 is 0. The fourth-order valence-electron chi connectivity index (χ4n) is 2.48. The minimum absolute atomic E-state index is 0.0815. The van der Waals surface area contributed by atoms with Crippen LogP contribution in [0.3, 0.4) is 0 Å². The van der Waals surface area contributed by atoms with Crippen molar-refractivity contribution in [1.29, 1.82) is 0 Å². The Kier molecular flexibility index (Phi) is 4.37. The molecule has 1 aliphatic heterocycles. The predicted molar refractivity (Wildman–Crippen MR) is 68.5 cm³/mol. The number of hydrogen-bond donors (Lipinski definition) is 1. The molecule has 0 radical (unpaired) electrons. The topological polar surface area (TPSA) is 37.3 Å². The molecule has 0 unspecified atom stereocenters. The van der Waals surface area contributed by atoms with Gasteiger partial charge < -0.3 is 14.8 Å². The zero-order valence-electron chi connectivity index (χ0n) is 11.3. The van der Waals surface area contributed by atoms with E-state index in [1.807, 2.05) is 0 Å². The third kappa shape index (κ3) is 3.53. The zero-order valence-corrected chi connectivity index (χ0v) is 11.3. The SMILES string of the molecule is CN(C(=O)c1cccn1CC(F)(F)F)C1CCNCC1. The number of rotatable bonds is 3. The third-order valence-corrected chi connectivity index (χ3v) is 3.58. The van der Waals surface area contributed by atoms with Crippen LogP contribution >= 0.6 is 0 Å². The first-order valence-electron chi connectivity index (χ1n) is 6.58. The van der Waals surface area contributed by atoms with Gasteiger partial charge in [-0.1, -0.05) is 0 Å². The molecule has 0 saturated carbocycles. The maximum atomic E-state index is 12.5. The molecule has 2 heterocycles. The van der Waals surface area contributed by atoms with Gasteiger partial charge in [0.1, 0.15) is 12.2 Å². The maximum Gasteiger partial charge on any atom is 0.406 e. The minimum Gasteiger partial charge on any atom is -0.337 e. The normalized spacial score (nSPS) is 17.2. The molecular weight excluding hydrogens is 271 g/mol. The summed E-state index contributed by atoms with van der Waals surface area (Å²) in [4.78, 5) is 13.9. The van der Waals surface area contributed by atoms with Crippen LogP contribution in [0.25, 0.3) is 0 Å². The second-order valence-corrected chi connectivity index (χ2v) is 5.03. The van der Waals surface area contributed by atoms with E-state index in [0.29, 0.717) is 0 Å². The summed E-state index contributed by atoms with van der Waals surface area (Å²) in [5, 5.41) is 3.19. The summed E-state index contributed by atoms with van der Waals surface area (Å²) in [7, 11) is 1.66. The molecular formula is C13H18F3N3O. The van der Waals surface area contributed by atoms with E-state index in [-0.39, 0.29) is 17.6 Å². The van der Waals surface area contributed by atoms with Crippen molar-refractivity contribution in [3.05, 3.63) is 24.0 Å². The Morgan fingerprint density at radius 1 is 1.45 bits per heavy atom. The molecule has 1 saturated heterocycles. The van der Waals surface area contributed by atoms with Crippen LogP contribution in [0, 0.1) is 0 Å². The Bertz CT molecular complexity index is 464. The molecule has 1 aromatic rings. The van der Waals surface area contributed by atoms with Gasteiger partial charge in [0, 0.05) is 19.3 Å². The van der Waals surface area contributed by atoms with E-state index < -0.39 is 12.7 Å². The average Bonchev–Trinajstić information content (AvgIpc) is 2.84. The highest BCUT2D eigenvalue weighted by atomic mass is 19.4. The van der Waals surface area contributed by atoms with Crippen LogP contribution < -0.4 is 5.32 Å². The molecule has 0 aromatic carbocycles. The first-order valence-corrected chi connectivity index (χ1v) is 6.58. The average molecular weight is 289 g/mol. The summed E-state index contributed by atoms with van der Waals surface area (Å²) in [6.07, 6.45) is -1.40. The second kappa shape index (κ2) is 5.87. The molecule has 7 heteroatoms. The molecule has 0 spiro atoms. The van der Waals surface area contributed by atoms with Crippen molar-refractivity contribution in [2.45, 2.75) is 31.6 Å². The van der Waals surface area contributed by atoms with Gasteiger partial charge in [-0.05, 0) is 38.1 Å². The number of aromatic nitrogens is 1. The van der Waals surface area contributed by atoms with Crippen molar-refractivity contribution in [3.8, 4) is 0 Å². The van der Waals surface area contributed by atoms with E-state index in [1.165, 1.54) is 18.3 Å². The Morgan fingerprint density at radius 3 is 2.70 bits per heavy atom.